The van der Waals surface area contributed by atoms with E-state index in [4.69, 9.17) is 21.1 Å². The number of fused-ring (bicyclic) bond motifs is 2. The van der Waals surface area contributed by atoms with Crippen molar-refractivity contribution >= 4 is 71.2 Å². The molecular formula is C44H49ClN8O9S2. The Morgan fingerprint density at radius 3 is 2.55 bits per heavy atom. The SMILES string of the molecule is CCS(=O)(=O)NC[C@@H]1COc2cc(S(=O)(=O)NC(=O)c3ccc(N4CCN(CC5=C(c6ccc(Cl)cc6)CC(C)(C)CC5)CC4)cc3Oc3cnc4[nH]ccc4c3)cc([N+](=O)[O-])c2N1. The van der Waals surface area contributed by atoms with E-state index in [0.717, 1.165) is 62.1 Å². The number of allylic oxidation sites excluding steroid dienone is 1. The molecule has 4 heterocycles. The van der Waals surface area contributed by atoms with Crippen molar-refractivity contribution in [2.45, 2.75) is 51.0 Å². The summed E-state index contributed by atoms with van der Waals surface area (Å²) in [5, 5.41) is 16.5. The third-order valence-electron chi connectivity index (χ3n) is 11.9. The summed E-state index contributed by atoms with van der Waals surface area (Å²) in [5.74, 6) is -0.974. The van der Waals surface area contributed by atoms with Crippen LogP contribution in [0.2, 0.25) is 5.02 Å². The minimum atomic E-state index is -4.73. The van der Waals surface area contributed by atoms with Gasteiger partial charge in [-0.05, 0) is 79.1 Å². The number of rotatable bonds is 14. The van der Waals surface area contributed by atoms with E-state index in [1.165, 1.54) is 35.9 Å². The topological polar surface area (TPSA) is 218 Å². The van der Waals surface area contributed by atoms with Gasteiger partial charge in [0.1, 0.15) is 23.8 Å². The summed E-state index contributed by atoms with van der Waals surface area (Å²) in [7, 11) is -8.29. The molecule has 0 saturated carbocycles. The second-order valence-corrected chi connectivity index (χ2v) is 21.2. The molecule has 3 aromatic carbocycles. The molecule has 0 bridgehead atoms. The first-order valence-corrected chi connectivity index (χ1v) is 24.4. The van der Waals surface area contributed by atoms with Crippen LogP contribution in [-0.2, 0) is 20.0 Å². The van der Waals surface area contributed by atoms with Gasteiger partial charge in [0.2, 0.25) is 10.0 Å². The van der Waals surface area contributed by atoms with Gasteiger partial charge >= 0.3 is 0 Å². The van der Waals surface area contributed by atoms with Crippen molar-refractivity contribution in [3.63, 3.8) is 0 Å². The van der Waals surface area contributed by atoms with Crippen LogP contribution >= 0.6 is 11.6 Å². The quantitative estimate of drug-likeness (QED) is 0.0657. The number of benzene rings is 3. The summed E-state index contributed by atoms with van der Waals surface area (Å²) >= 11 is 6.24. The molecular weight excluding hydrogens is 884 g/mol. The van der Waals surface area contributed by atoms with Crippen LogP contribution in [0.5, 0.6) is 17.2 Å². The number of halogens is 1. The second-order valence-electron chi connectivity index (χ2n) is 17.0. The van der Waals surface area contributed by atoms with Crippen LogP contribution in [0.3, 0.4) is 0 Å². The van der Waals surface area contributed by atoms with E-state index in [9.17, 15) is 31.7 Å². The van der Waals surface area contributed by atoms with Gasteiger partial charge in [-0.3, -0.25) is 19.8 Å². The van der Waals surface area contributed by atoms with E-state index in [-0.39, 0.29) is 47.1 Å². The number of carbonyl (C=O) groups is 1. The highest BCUT2D eigenvalue weighted by Gasteiger charge is 2.33. The maximum atomic E-state index is 14.0. The van der Waals surface area contributed by atoms with E-state index < -0.39 is 47.5 Å². The smallest absolute Gasteiger partial charge is 0.297 e. The number of anilines is 2. The molecule has 0 spiro atoms. The number of nitro benzene ring substituents is 1. The first kappa shape index (κ1) is 44.9. The number of nitro groups is 1. The van der Waals surface area contributed by atoms with Crippen molar-refractivity contribution in [2.75, 3.05) is 61.8 Å². The maximum Gasteiger partial charge on any atom is 0.297 e. The van der Waals surface area contributed by atoms with Crippen LogP contribution in [0.25, 0.3) is 16.6 Å². The molecule has 20 heteroatoms. The Kier molecular flexibility index (Phi) is 12.6. The van der Waals surface area contributed by atoms with E-state index in [1.807, 2.05) is 18.2 Å². The molecule has 17 nitrogen and oxygen atoms in total. The molecule has 3 aliphatic rings. The highest BCUT2D eigenvalue weighted by Crippen LogP contribution is 2.44. The number of sulfonamides is 2. The first-order valence-electron chi connectivity index (χ1n) is 20.9. The molecule has 2 aliphatic heterocycles. The zero-order valence-electron chi connectivity index (χ0n) is 35.5. The molecule has 0 unspecified atom stereocenters. The zero-order chi connectivity index (χ0) is 45.4. The molecule has 2 aromatic heterocycles. The number of ether oxygens (including phenoxy) is 2. The average Bonchev–Trinajstić information content (AvgIpc) is 3.74. The van der Waals surface area contributed by atoms with Gasteiger partial charge in [-0.1, -0.05) is 43.2 Å². The largest absolute Gasteiger partial charge is 0.489 e. The fourth-order valence-electron chi connectivity index (χ4n) is 8.23. The van der Waals surface area contributed by atoms with Crippen LogP contribution in [-0.4, -0.2) is 100 Å². The van der Waals surface area contributed by atoms with Crippen LogP contribution in [0.1, 0.15) is 56.0 Å². The first-order chi connectivity index (χ1) is 30.5. The number of hydrogen-bond donors (Lipinski definition) is 4. The van der Waals surface area contributed by atoms with E-state index >= 15 is 0 Å². The minimum absolute atomic E-state index is 0.0700. The Hall–Kier alpha value is -5.73. The second kappa shape index (κ2) is 18.0. The molecule has 1 atom stereocenters. The van der Waals surface area contributed by atoms with Crippen LogP contribution in [0.15, 0.2) is 89.6 Å². The van der Waals surface area contributed by atoms with Crippen molar-refractivity contribution in [3.8, 4) is 17.2 Å². The number of piperazine rings is 1. The number of nitrogens with one attached hydrogen (secondary N) is 4. The van der Waals surface area contributed by atoms with Gasteiger partial charge in [0.25, 0.3) is 21.6 Å². The van der Waals surface area contributed by atoms with Crippen molar-refractivity contribution < 1.29 is 36.0 Å². The summed E-state index contributed by atoms with van der Waals surface area (Å²) in [5.41, 5.74) is 4.77. The number of nitrogens with zero attached hydrogens (tertiary/aromatic N) is 4. The predicted octanol–water partition coefficient (Wildman–Crippen LogP) is 6.93. The number of aromatic nitrogens is 2. The number of carbonyl (C=O) groups excluding carboxylic acids is 1. The maximum absolute atomic E-state index is 14.0. The Labute approximate surface area is 376 Å². The molecule has 0 radical (unpaired) electrons. The summed E-state index contributed by atoms with van der Waals surface area (Å²) < 4.78 is 68.0. The number of amides is 1. The van der Waals surface area contributed by atoms with Crippen molar-refractivity contribution in [3.05, 3.63) is 111 Å². The number of H-pyrrole nitrogens is 1. The van der Waals surface area contributed by atoms with Crippen molar-refractivity contribution in [2.24, 2.45) is 5.41 Å². The highest BCUT2D eigenvalue weighted by atomic mass is 35.5. The molecule has 338 valence electrons. The van der Waals surface area contributed by atoms with Crippen LogP contribution in [0.4, 0.5) is 17.1 Å². The van der Waals surface area contributed by atoms with Gasteiger partial charge in [-0.2, -0.15) is 0 Å². The van der Waals surface area contributed by atoms with E-state index in [2.05, 4.69) is 60.5 Å². The predicted molar refractivity (Wildman–Crippen MR) is 245 cm³/mol. The molecule has 1 fully saturated rings. The molecule has 4 N–H and O–H groups in total. The fraction of sp³-hybridized carbons (Fsp3) is 0.364. The monoisotopic (exact) mass is 932 g/mol. The molecule has 64 heavy (non-hydrogen) atoms. The number of aromatic amines is 1. The lowest BCUT2D eigenvalue weighted by Crippen LogP contribution is -2.47. The average molecular weight is 934 g/mol. The highest BCUT2D eigenvalue weighted by molar-refractivity contribution is 7.90. The van der Waals surface area contributed by atoms with E-state index in [0.29, 0.717) is 29.5 Å². The Morgan fingerprint density at radius 1 is 1.05 bits per heavy atom. The lowest BCUT2D eigenvalue weighted by atomic mass is 9.72. The number of hydrogen-bond acceptors (Lipinski definition) is 13. The molecule has 1 saturated heterocycles. The Balaban J connectivity index is 1.02. The lowest BCUT2D eigenvalue weighted by Gasteiger charge is -2.39. The van der Waals surface area contributed by atoms with Gasteiger partial charge in [0, 0.05) is 79.8 Å². The Bertz CT molecular complexity index is 2860. The zero-order valence-corrected chi connectivity index (χ0v) is 37.9. The third kappa shape index (κ3) is 10.1. The summed E-state index contributed by atoms with van der Waals surface area (Å²) in [6.45, 7) is 9.67. The molecule has 8 rings (SSSR count). The van der Waals surface area contributed by atoms with Crippen LogP contribution in [0, 0.1) is 15.5 Å². The fourth-order valence-corrected chi connectivity index (χ4v) is 10.0. The van der Waals surface area contributed by atoms with Gasteiger partial charge in [0.05, 0.1) is 33.4 Å². The van der Waals surface area contributed by atoms with Gasteiger partial charge in [-0.15, -0.1) is 0 Å². The summed E-state index contributed by atoms with van der Waals surface area (Å²) in [4.78, 5) is 36.9. The summed E-state index contributed by atoms with van der Waals surface area (Å²) in [6.07, 6.45) is 6.36. The lowest BCUT2D eigenvalue weighted by molar-refractivity contribution is -0.384. The molecule has 1 aliphatic carbocycles. The van der Waals surface area contributed by atoms with Crippen molar-refractivity contribution in [1.82, 2.24) is 24.3 Å². The summed E-state index contributed by atoms with van der Waals surface area (Å²) in [6, 6.07) is 17.8. The molecule has 5 aromatic rings. The third-order valence-corrected chi connectivity index (χ3v) is 14.8. The standard InChI is InChI=1S/C44H49ClN8O9S2/c1-4-63(57,58)48-24-32-27-61-40-22-35(21-38(53(55)56)41(40)49-32)64(59,60)50-43(54)36-10-9-33(20-39(36)62-34-19-29-12-14-46-42(29)47-25-34)52-17-15-51(16-18-52)26-30-11-13-44(2,3)23-37(30)28-5-7-31(45)8-6-28/h5-10,12,14,19-22,25,32,48-49H,4,11,13,15-18,23-24,26-27H2,1-3H3,(H,46,47)(H,50,54)/t32-/m1/s1. The van der Waals surface area contributed by atoms with Gasteiger partial charge in [-0.25, -0.2) is 31.3 Å². The normalized spacial score (nSPS) is 17.9. The minimum Gasteiger partial charge on any atom is -0.489 e. The van der Waals surface area contributed by atoms with Crippen molar-refractivity contribution in [1.29, 1.82) is 0 Å². The van der Waals surface area contributed by atoms with E-state index in [1.54, 1.807) is 24.4 Å². The molecule has 1 amide bonds. The number of pyridine rings is 1. The Morgan fingerprint density at radius 2 is 1.81 bits per heavy atom. The van der Waals surface area contributed by atoms with Crippen LogP contribution < -0.4 is 29.1 Å². The van der Waals surface area contributed by atoms with Gasteiger partial charge < -0.3 is 24.7 Å². The van der Waals surface area contributed by atoms with Gasteiger partial charge in [0.15, 0.2) is 11.4 Å².